The van der Waals surface area contributed by atoms with Gasteiger partial charge in [-0.05, 0) is 32.4 Å². The van der Waals surface area contributed by atoms with Crippen LogP contribution < -0.4 is 0 Å². The fourth-order valence-corrected chi connectivity index (χ4v) is 3.31. The van der Waals surface area contributed by atoms with Crippen molar-refractivity contribution in [1.82, 2.24) is 19.7 Å². The Bertz CT molecular complexity index is 465. The van der Waals surface area contributed by atoms with Crippen LogP contribution in [0.2, 0.25) is 0 Å². The topological polar surface area (TPSA) is 72.6 Å². The van der Waals surface area contributed by atoms with Crippen LogP contribution in [0.3, 0.4) is 0 Å². The van der Waals surface area contributed by atoms with Crippen molar-refractivity contribution in [3.05, 3.63) is 11.6 Å². The molecule has 1 aromatic heterocycles. The van der Waals surface area contributed by atoms with Crippen molar-refractivity contribution in [2.45, 2.75) is 37.9 Å². The maximum atomic E-state index is 9.21. The molecule has 0 amide bonds. The first-order chi connectivity index (χ1) is 10.8. The average Bonchev–Trinajstić information content (AvgIpc) is 2.95. The maximum absolute atomic E-state index is 9.21. The van der Waals surface area contributed by atoms with Crippen LogP contribution in [0, 0.1) is 0 Å². The van der Waals surface area contributed by atoms with Crippen molar-refractivity contribution < 1.29 is 14.6 Å². The largest absolute Gasteiger partial charge is 0.388 e. The summed E-state index contributed by atoms with van der Waals surface area (Å²) in [7, 11) is 1.94. The summed E-state index contributed by atoms with van der Waals surface area (Å²) in [6, 6.07) is 0. The first-order valence-corrected chi connectivity index (χ1v) is 8.18. The second-order valence-corrected chi connectivity index (χ2v) is 6.16. The standard InChI is InChI=1S/C15H26N4O3/c1-18-14(10-20)16-17-15(18)12-2-5-19(6-3-12)7-4-13-11-21-8-9-22-13/h12-13,20H,2-11H2,1H3. The number of aliphatic hydroxyl groups excluding tert-OH is 1. The van der Waals surface area contributed by atoms with Crippen LogP contribution in [0.1, 0.15) is 36.8 Å². The van der Waals surface area contributed by atoms with Crippen molar-refractivity contribution in [1.29, 1.82) is 0 Å². The fourth-order valence-electron chi connectivity index (χ4n) is 3.31. The van der Waals surface area contributed by atoms with Crippen LogP contribution in [0.4, 0.5) is 0 Å². The van der Waals surface area contributed by atoms with E-state index < -0.39 is 0 Å². The third-order valence-electron chi connectivity index (χ3n) is 4.75. The lowest BCUT2D eigenvalue weighted by Gasteiger charge is -2.33. The second kappa shape index (κ2) is 7.50. The van der Waals surface area contributed by atoms with Crippen LogP contribution in [0.5, 0.6) is 0 Å². The number of likely N-dealkylation sites (tertiary alicyclic amines) is 1. The van der Waals surface area contributed by atoms with E-state index in [-0.39, 0.29) is 12.7 Å². The predicted octanol–water partition coefficient (Wildman–Crippen LogP) is 0.292. The molecule has 1 N–H and O–H groups in total. The molecular formula is C15H26N4O3. The molecule has 7 nitrogen and oxygen atoms in total. The molecule has 2 fully saturated rings. The van der Waals surface area contributed by atoms with Gasteiger partial charge in [-0.25, -0.2) is 0 Å². The molecule has 0 aromatic carbocycles. The second-order valence-electron chi connectivity index (χ2n) is 6.16. The van der Waals surface area contributed by atoms with Crippen LogP contribution in [-0.2, 0) is 23.1 Å². The predicted molar refractivity (Wildman–Crippen MR) is 80.5 cm³/mol. The first-order valence-electron chi connectivity index (χ1n) is 8.18. The van der Waals surface area contributed by atoms with Gasteiger partial charge >= 0.3 is 0 Å². The number of aliphatic hydroxyl groups is 1. The minimum absolute atomic E-state index is 0.0498. The number of ether oxygens (including phenoxy) is 2. The van der Waals surface area contributed by atoms with Gasteiger partial charge in [0.05, 0.1) is 25.9 Å². The molecular weight excluding hydrogens is 284 g/mol. The van der Waals surface area contributed by atoms with Gasteiger partial charge in [-0.15, -0.1) is 10.2 Å². The Hall–Kier alpha value is -1.02. The molecule has 0 aliphatic carbocycles. The average molecular weight is 310 g/mol. The van der Waals surface area contributed by atoms with E-state index in [1.54, 1.807) is 0 Å². The number of aromatic nitrogens is 3. The minimum atomic E-state index is -0.0498. The molecule has 22 heavy (non-hydrogen) atoms. The van der Waals surface area contributed by atoms with E-state index in [1.165, 1.54) is 0 Å². The van der Waals surface area contributed by atoms with Gasteiger partial charge in [-0.1, -0.05) is 0 Å². The molecule has 0 saturated carbocycles. The SMILES string of the molecule is Cn1c(CO)nnc1C1CCN(CCC2COCCO2)CC1. The summed E-state index contributed by atoms with van der Waals surface area (Å²) in [6.45, 7) is 5.38. The van der Waals surface area contributed by atoms with E-state index in [4.69, 9.17) is 9.47 Å². The van der Waals surface area contributed by atoms with E-state index >= 15 is 0 Å². The number of piperidine rings is 1. The summed E-state index contributed by atoms with van der Waals surface area (Å²) >= 11 is 0. The summed E-state index contributed by atoms with van der Waals surface area (Å²) in [6.07, 6.45) is 3.50. The molecule has 1 atom stereocenters. The molecule has 1 unspecified atom stereocenters. The van der Waals surface area contributed by atoms with Crippen molar-refractivity contribution >= 4 is 0 Å². The van der Waals surface area contributed by atoms with Gasteiger partial charge in [-0.2, -0.15) is 0 Å². The molecule has 2 aliphatic rings. The summed E-state index contributed by atoms with van der Waals surface area (Å²) in [5, 5.41) is 17.5. The van der Waals surface area contributed by atoms with Crippen LogP contribution in [0.25, 0.3) is 0 Å². The lowest BCUT2D eigenvalue weighted by Crippen LogP contribution is -2.37. The smallest absolute Gasteiger partial charge is 0.158 e. The Morgan fingerprint density at radius 2 is 2.05 bits per heavy atom. The Balaban J connectivity index is 1.44. The monoisotopic (exact) mass is 310 g/mol. The van der Waals surface area contributed by atoms with Gasteiger partial charge in [-0.3, -0.25) is 0 Å². The Morgan fingerprint density at radius 1 is 1.23 bits per heavy atom. The Morgan fingerprint density at radius 3 is 2.68 bits per heavy atom. The fraction of sp³-hybridized carbons (Fsp3) is 0.867. The lowest BCUT2D eigenvalue weighted by atomic mass is 9.95. The van der Waals surface area contributed by atoms with E-state index in [1.807, 2.05) is 11.6 Å². The molecule has 0 bridgehead atoms. The number of hydrogen-bond donors (Lipinski definition) is 1. The highest BCUT2D eigenvalue weighted by Crippen LogP contribution is 2.27. The summed E-state index contributed by atoms with van der Waals surface area (Å²) in [4.78, 5) is 2.50. The first kappa shape index (κ1) is 15.9. The van der Waals surface area contributed by atoms with E-state index in [9.17, 15) is 5.11 Å². The molecule has 7 heteroatoms. The van der Waals surface area contributed by atoms with E-state index in [0.29, 0.717) is 11.7 Å². The van der Waals surface area contributed by atoms with Gasteiger partial charge < -0.3 is 24.0 Å². The van der Waals surface area contributed by atoms with E-state index in [0.717, 1.165) is 64.5 Å². The zero-order valence-electron chi connectivity index (χ0n) is 13.3. The summed E-state index contributed by atoms with van der Waals surface area (Å²) < 4.78 is 13.1. The highest BCUT2D eigenvalue weighted by molar-refractivity contribution is 5.02. The van der Waals surface area contributed by atoms with Gasteiger partial charge in [0.15, 0.2) is 5.82 Å². The third-order valence-corrected chi connectivity index (χ3v) is 4.75. The van der Waals surface area contributed by atoms with Gasteiger partial charge in [0.2, 0.25) is 0 Å². The maximum Gasteiger partial charge on any atom is 0.158 e. The van der Waals surface area contributed by atoms with Gasteiger partial charge in [0.25, 0.3) is 0 Å². The molecule has 124 valence electrons. The van der Waals surface area contributed by atoms with Crippen LogP contribution in [0.15, 0.2) is 0 Å². The molecule has 1 aromatic rings. The molecule has 3 rings (SSSR count). The Labute approximate surface area is 131 Å². The van der Waals surface area contributed by atoms with Crippen LogP contribution >= 0.6 is 0 Å². The summed E-state index contributed by atoms with van der Waals surface area (Å²) in [5.41, 5.74) is 0. The molecule has 0 radical (unpaired) electrons. The van der Waals surface area contributed by atoms with Crippen molar-refractivity contribution in [3.8, 4) is 0 Å². The highest BCUT2D eigenvalue weighted by atomic mass is 16.6. The van der Waals surface area contributed by atoms with Crippen molar-refractivity contribution in [2.24, 2.45) is 7.05 Å². The van der Waals surface area contributed by atoms with Crippen molar-refractivity contribution in [3.63, 3.8) is 0 Å². The molecule has 0 spiro atoms. The van der Waals surface area contributed by atoms with Gasteiger partial charge in [0, 0.05) is 19.5 Å². The normalized spacial score (nSPS) is 24.7. The zero-order valence-corrected chi connectivity index (χ0v) is 13.3. The lowest BCUT2D eigenvalue weighted by molar-refractivity contribution is -0.0930. The zero-order chi connectivity index (χ0) is 15.4. The highest BCUT2D eigenvalue weighted by Gasteiger charge is 2.25. The third kappa shape index (κ3) is 3.65. The summed E-state index contributed by atoms with van der Waals surface area (Å²) in [5.74, 6) is 2.10. The minimum Gasteiger partial charge on any atom is -0.388 e. The molecule has 2 saturated heterocycles. The number of nitrogens with zero attached hydrogens (tertiary/aromatic N) is 4. The Kier molecular flexibility index (Phi) is 5.41. The molecule has 2 aliphatic heterocycles. The van der Waals surface area contributed by atoms with Gasteiger partial charge in [0.1, 0.15) is 12.4 Å². The number of hydrogen-bond acceptors (Lipinski definition) is 6. The number of rotatable bonds is 5. The molecule has 3 heterocycles. The van der Waals surface area contributed by atoms with Crippen LogP contribution in [-0.4, -0.2) is 70.3 Å². The van der Waals surface area contributed by atoms with Crippen molar-refractivity contribution in [2.75, 3.05) is 39.5 Å². The quantitative estimate of drug-likeness (QED) is 0.843. The van der Waals surface area contributed by atoms with E-state index in [2.05, 4.69) is 15.1 Å².